The van der Waals surface area contributed by atoms with Crippen molar-refractivity contribution in [3.8, 4) is 5.75 Å². The fourth-order valence-electron chi connectivity index (χ4n) is 4.63. The summed E-state index contributed by atoms with van der Waals surface area (Å²) in [6.07, 6.45) is 7.41. The van der Waals surface area contributed by atoms with E-state index in [0.717, 1.165) is 75.0 Å². The molecule has 3 aliphatic rings. The number of ether oxygens (including phenoxy) is 1. The summed E-state index contributed by atoms with van der Waals surface area (Å²) in [5, 5.41) is 6.41. The van der Waals surface area contributed by atoms with Gasteiger partial charge in [0, 0.05) is 25.1 Å². The van der Waals surface area contributed by atoms with Gasteiger partial charge in [0.05, 0.1) is 6.61 Å². The number of hydrogen-bond donors (Lipinski definition) is 2. The van der Waals surface area contributed by atoms with Crippen molar-refractivity contribution in [1.82, 2.24) is 10.2 Å². The van der Waals surface area contributed by atoms with Gasteiger partial charge in [0.15, 0.2) is 0 Å². The van der Waals surface area contributed by atoms with Crippen LogP contribution in [0.3, 0.4) is 0 Å². The van der Waals surface area contributed by atoms with Gasteiger partial charge in [0.1, 0.15) is 11.8 Å². The average Bonchev–Trinajstić information content (AvgIpc) is 3.20. The highest BCUT2D eigenvalue weighted by Crippen LogP contribution is 2.29. The van der Waals surface area contributed by atoms with E-state index in [1.807, 2.05) is 23.1 Å². The molecule has 2 amide bonds. The molecule has 0 bridgehead atoms. The molecule has 152 valence electrons. The number of rotatable bonds is 5. The molecule has 0 aromatic heterocycles. The first-order valence-electron chi connectivity index (χ1n) is 10.8. The number of carbonyl (C=O) groups is 2. The lowest BCUT2D eigenvalue weighted by Gasteiger charge is -2.35. The number of amides is 2. The third-order valence-corrected chi connectivity index (χ3v) is 6.31. The second-order valence-corrected chi connectivity index (χ2v) is 8.24. The lowest BCUT2D eigenvalue weighted by Crippen LogP contribution is -2.50. The van der Waals surface area contributed by atoms with Crippen molar-refractivity contribution in [1.29, 1.82) is 0 Å². The van der Waals surface area contributed by atoms with Crippen molar-refractivity contribution in [3.05, 3.63) is 23.8 Å². The van der Waals surface area contributed by atoms with E-state index in [1.54, 1.807) is 0 Å². The summed E-state index contributed by atoms with van der Waals surface area (Å²) in [6.45, 7) is 3.51. The Hall–Kier alpha value is -2.08. The van der Waals surface area contributed by atoms with Gasteiger partial charge in [-0.25, -0.2) is 0 Å². The molecule has 0 radical (unpaired) electrons. The van der Waals surface area contributed by atoms with E-state index in [0.29, 0.717) is 25.5 Å². The van der Waals surface area contributed by atoms with E-state index in [9.17, 15) is 9.59 Å². The standard InChI is InChI=1S/C22H31N3O3/c26-21(7-4-16-8-11-23-12-9-16)25-13-2-1-3-19(25)22(27)24-18-5-6-20-17(15-18)10-14-28-20/h5-6,15-16,19,23H,1-4,7-14H2,(H,24,27). The summed E-state index contributed by atoms with van der Waals surface area (Å²) in [5.74, 6) is 1.62. The third kappa shape index (κ3) is 4.49. The Bertz CT molecular complexity index is 715. The Morgan fingerprint density at radius 1 is 1.18 bits per heavy atom. The van der Waals surface area contributed by atoms with Crippen LogP contribution in [0, 0.1) is 5.92 Å². The van der Waals surface area contributed by atoms with Crippen molar-refractivity contribution < 1.29 is 14.3 Å². The van der Waals surface area contributed by atoms with Crippen LogP contribution in [0.15, 0.2) is 18.2 Å². The van der Waals surface area contributed by atoms with Crippen LogP contribution in [0.25, 0.3) is 0 Å². The van der Waals surface area contributed by atoms with E-state index in [4.69, 9.17) is 4.74 Å². The highest BCUT2D eigenvalue weighted by molar-refractivity contribution is 5.97. The van der Waals surface area contributed by atoms with Crippen LogP contribution in [-0.4, -0.2) is 49.0 Å². The lowest BCUT2D eigenvalue weighted by molar-refractivity contribution is -0.140. The first-order valence-corrected chi connectivity index (χ1v) is 10.8. The SMILES string of the molecule is O=C(Nc1ccc2c(c1)CCO2)C1CCCCN1C(=O)CCC1CCNCC1. The molecular formula is C22H31N3O3. The Balaban J connectivity index is 1.35. The highest BCUT2D eigenvalue weighted by atomic mass is 16.5. The number of fused-ring (bicyclic) bond motifs is 1. The van der Waals surface area contributed by atoms with Crippen LogP contribution < -0.4 is 15.4 Å². The van der Waals surface area contributed by atoms with Gasteiger partial charge in [0.25, 0.3) is 0 Å². The topological polar surface area (TPSA) is 70.7 Å². The van der Waals surface area contributed by atoms with Crippen molar-refractivity contribution >= 4 is 17.5 Å². The predicted molar refractivity (Wildman–Crippen MR) is 108 cm³/mol. The minimum atomic E-state index is -0.348. The van der Waals surface area contributed by atoms with Crippen LogP contribution in [0.1, 0.15) is 50.5 Å². The van der Waals surface area contributed by atoms with Crippen LogP contribution in [-0.2, 0) is 16.0 Å². The third-order valence-electron chi connectivity index (χ3n) is 6.31. The molecule has 6 nitrogen and oxygen atoms in total. The Labute approximate surface area is 167 Å². The summed E-state index contributed by atoms with van der Waals surface area (Å²) >= 11 is 0. The molecule has 6 heteroatoms. The predicted octanol–water partition coefficient (Wildman–Crippen LogP) is 2.72. The number of carbonyl (C=O) groups excluding carboxylic acids is 2. The van der Waals surface area contributed by atoms with Crippen molar-refractivity contribution in [3.63, 3.8) is 0 Å². The van der Waals surface area contributed by atoms with Gasteiger partial charge in [-0.05, 0) is 81.3 Å². The van der Waals surface area contributed by atoms with Gasteiger partial charge in [-0.3, -0.25) is 9.59 Å². The van der Waals surface area contributed by atoms with E-state index < -0.39 is 0 Å². The van der Waals surface area contributed by atoms with Gasteiger partial charge in [0.2, 0.25) is 11.8 Å². The molecule has 3 aliphatic heterocycles. The molecule has 0 aliphatic carbocycles. The fourth-order valence-corrected chi connectivity index (χ4v) is 4.63. The largest absolute Gasteiger partial charge is 0.493 e. The molecule has 2 saturated heterocycles. The van der Waals surface area contributed by atoms with Crippen LogP contribution in [0.4, 0.5) is 5.69 Å². The van der Waals surface area contributed by atoms with Crippen molar-refractivity contribution in [2.45, 2.75) is 57.4 Å². The fraction of sp³-hybridized carbons (Fsp3) is 0.636. The Kier molecular flexibility index (Phi) is 6.15. The molecule has 4 rings (SSSR count). The maximum atomic E-state index is 12.9. The first-order chi connectivity index (χ1) is 13.7. The minimum absolute atomic E-state index is 0.0613. The maximum absolute atomic E-state index is 12.9. The van der Waals surface area contributed by atoms with Crippen LogP contribution in [0.5, 0.6) is 5.75 Å². The number of nitrogens with zero attached hydrogens (tertiary/aromatic N) is 1. The average molecular weight is 386 g/mol. The number of piperidine rings is 2. The van der Waals surface area contributed by atoms with Crippen LogP contribution in [0.2, 0.25) is 0 Å². The molecule has 1 aromatic carbocycles. The molecular weight excluding hydrogens is 354 g/mol. The Morgan fingerprint density at radius 2 is 2.04 bits per heavy atom. The van der Waals surface area contributed by atoms with Crippen LogP contribution >= 0.6 is 0 Å². The summed E-state index contributed by atoms with van der Waals surface area (Å²) in [6, 6.07) is 5.44. The van der Waals surface area contributed by atoms with Gasteiger partial charge in [-0.2, -0.15) is 0 Å². The normalized spacial score (nSPS) is 22.4. The Morgan fingerprint density at radius 3 is 2.89 bits per heavy atom. The monoisotopic (exact) mass is 385 g/mol. The highest BCUT2D eigenvalue weighted by Gasteiger charge is 2.32. The summed E-state index contributed by atoms with van der Waals surface area (Å²) in [5.41, 5.74) is 1.93. The number of hydrogen-bond acceptors (Lipinski definition) is 4. The van der Waals surface area contributed by atoms with E-state index >= 15 is 0 Å². The molecule has 28 heavy (non-hydrogen) atoms. The van der Waals surface area contributed by atoms with E-state index in [2.05, 4.69) is 10.6 Å². The van der Waals surface area contributed by atoms with Gasteiger partial charge < -0.3 is 20.3 Å². The molecule has 3 heterocycles. The minimum Gasteiger partial charge on any atom is -0.493 e. The molecule has 2 fully saturated rings. The smallest absolute Gasteiger partial charge is 0.247 e. The molecule has 1 aromatic rings. The van der Waals surface area contributed by atoms with E-state index in [-0.39, 0.29) is 17.9 Å². The van der Waals surface area contributed by atoms with Gasteiger partial charge in [-0.15, -0.1) is 0 Å². The number of nitrogens with one attached hydrogen (secondary N) is 2. The summed E-state index contributed by atoms with van der Waals surface area (Å²) < 4.78 is 5.53. The lowest BCUT2D eigenvalue weighted by atomic mass is 9.92. The number of benzene rings is 1. The summed E-state index contributed by atoms with van der Waals surface area (Å²) in [4.78, 5) is 27.6. The molecule has 0 saturated carbocycles. The number of likely N-dealkylation sites (tertiary alicyclic amines) is 1. The molecule has 0 spiro atoms. The summed E-state index contributed by atoms with van der Waals surface area (Å²) in [7, 11) is 0. The zero-order valence-corrected chi connectivity index (χ0v) is 16.5. The van der Waals surface area contributed by atoms with Gasteiger partial charge >= 0.3 is 0 Å². The molecule has 1 atom stereocenters. The first kappa shape index (κ1) is 19.2. The molecule has 1 unspecified atom stereocenters. The zero-order valence-electron chi connectivity index (χ0n) is 16.5. The van der Waals surface area contributed by atoms with E-state index in [1.165, 1.54) is 0 Å². The second-order valence-electron chi connectivity index (χ2n) is 8.24. The second kappa shape index (κ2) is 8.95. The van der Waals surface area contributed by atoms with Crippen molar-refractivity contribution in [2.75, 3.05) is 31.6 Å². The zero-order chi connectivity index (χ0) is 19.3. The quantitative estimate of drug-likeness (QED) is 0.818. The van der Waals surface area contributed by atoms with Crippen molar-refractivity contribution in [2.24, 2.45) is 5.92 Å². The maximum Gasteiger partial charge on any atom is 0.247 e. The number of anilines is 1. The molecule has 2 N–H and O–H groups in total. The van der Waals surface area contributed by atoms with Gasteiger partial charge in [-0.1, -0.05) is 0 Å².